The molecule has 3 aromatic rings. The molecule has 2 heterocycles. The first-order chi connectivity index (χ1) is 17.6. The standard InChI is InChI=1S/C30H39FN4O2/c1-21(2)34(29(36)17-30(3,4)5)20-25-23-19-33(18-22-11-7-8-12-24(22)31)16-15-26(23)35(32-25)27-13-9-10-14-28(27)37-6/h7-14,21H,15-20H2,1-6H3. The van der Waals surface area contributed by atoms with Gasteiger partial charge in [-0.2, -0.15) is 5.10 Å². The average Bonchev–Trinajstić information content (AvgIpc) is 3.20. The predicted octanol–water partition coefficient (Wildman–Crippen LogP) is 5.75. The number of methoxy groups -OCH3 is 1. The molecule has 0 radical (unpaired) electrons. The second-order valence-electron chi connectivity index (χ2n) is 11.4. The molecule has 0 unspecified atom stereocenters. The molecule has 1 amide bonds. The van der Waals surface area contributed by atoms with Crippen LogP contribution in [-0.4, -0.2) is 45.2 Å². The largest absolute Gasteiger partial charge is 0.494 e. The topological polar surface area (TPSA) is 50.6 Å². The molecule has 2 aromatic carbocycles. The molecular formula is C30H39FN4O2. The molecule has 0 aliphatic carbocycles. The van der Waals surface area contributed by atoms with E-state index in [-0.39, 0.29) is 23.2 Å². The summed E-state index contributed by atoms with van der Waals surface area (Å²) in [5, 5.41) is 5.07. The zero-order valence-electron chi connectivity index (χ0n) is 22.9. The van der Waals surface area contributed by atoms with Crippen LogP contribution < -0.4 is 4.74 Å². The molecule has 0 fully saturated rings. The number of nitrogens with zero attached hydrogens (tertiary/aromatic N) is 4. The van der Waals surface area contributed by atoms with E-state index >= 15 is 0 Å². The monoisotopic (exact) mass is 506 g/mol. The van der Waals surface area contributed by atoms with E-state index in [2.05, 4.69) is 39.5 Å². The zero-order chi connectivity index (χ0) is 26.7. The van der Waals surface area contributed by atoms with Crippen LogP contribution in [0.15, 0.2) is 48.5 Å². The Kier molecular flexibility index (Phi) is 8.02. The van der Waals surface area contributed by atoms with Crippen molar-refractivity contribution in [1.82, 2.24) is 19.6 Å². The van der Waals surface area contributed by atoms with E-state index in [1.54, 1.807) is 13.2 Å². The van der Waals surface area contributed by atoms with Gasteiger partial charge in [0.05, 0.1) is 25.0 Å². The van der Waals surface area contributed by atoms with E-state index in [9.17, 15) is 9.18 Å². The highest BCUT2D eigenvalue weighted by Gasteiger charge is 2.30. The van der Waals surface area contributed by atoms with E-state index < -0.39 is 0 Å². The zero-order valence-corrected chi connectivity index (χ0v) is 22.9. The van der Waals surface area contributed by atoms with E-state index in [1.165, 1.54) is 6.07 Å². The van der Waals surface area contributed by atoms with Gasteiger partial charge in [-0.15, -0.1) is 0 Å². The molecule has 4 rings (SSSR count). The van der Waals surface area contributed by atoms with E-state index in [1.807, 2.05) is 46.0 Å². The lowest BCUT2D eigenvalue weighted by molar-refractivity contribution is -0.135. The molecule has 37 heavy (non-hydrogen) atoms. The Morgan fingerprint density at radius 3 is 2.51 bits per heavy atom. The number of benzene rings is 2. The Morgan fingerprint density at radius 1 is 1.14 bits per heavy atom. The molecular weight excluding hydrogens is 467 g/mol. The van der Waals surface area contributed by atoms with Crippen molar-refractivity contribution in [2.24, 2.45) is 5.41 Å². The summed E-state index contributed by atoms with van der Waals surface area (Å²) in [6.07, 6.45) is 1.24. The van der Waals surface area contributed by atoms with Crippen LogP contribution in [0.1, 0.15) is 63.6 Å². The minimum absolute atomic E-state index is 0.0417. The maximum atomic E-state index is 14.4. The highest BCUT2D eigenvalue weighted by molar-refractivity contribution is 5.77. The molecule has 0 atom stereocenters. The summed E-state index contributed by atoms with van der Waals surface area (Å²) in [6, 6.07) is 14.9. The number of hydrogen-bond acceptors (Lipinski definition) is 4. The molecule has 0 N–H and O–H groups in total. The first kappa shape index (κ1) is 26.9. The number of rotatable bonds is 8. The molecule has 0 spiro atoms. The van der Waals surface area contributed by atoms with Crippen molar-refractivity contribution < 1.29 is 13.9 Å². The summed E-state index contributed by atoms with van der Waals surface area (Å²) in [7, 11) is 1.66. The van der Waals surface area contributed by atoms with Crippen LogP contribution in [0.4, 0.5) is 4.39 Å². The third kappa shape index (κ3) is 6.21. The second-order valence-corrected chi connectivity index (χ2v) is 11.4. The lowest BCUT2D eigenvalue weighted by Gasteiger charge is -2.31. The first-order valence-electron chi connectivity index (χ1n) is 13.1. The molecule has 1 aliphatic rings. The third-order valence-corrected chi connectivity index (χ3v) is 6.83. The van der Waals surface area contributed by atoms with Crippen molar-refractivity contribution in [3.8, 4) is 11.4 Å². The number of halogens is 1. The fourth-order valence-corrected chi connectivity index (χ4v) is 4.95. The number of fused-ring (bicyclic) bond motifs is 1. The van der Waals surface area contributed by atoms with Gasteiger partial charge in [-0.3, -0.25) is 9.69 Å². The number of aromatic nitrogens is 2. The van der Waals surface area contributed by atoms with E-state index in [0.29, 0.717) is 31.6 Å². The lowest BCUT2D eigenvalue weighted by Crippen LogP contribution is -2.39. The van der Waals surface area contributed by atoms with Gasteiger partial charge in [0.2, 0.25) is 5.91 Å². The molecule has 0 bridgehead atoms. The van der Waals surface area contributed by atoms with Crippen molar-refractivity contribution in [1.29, 1.82) is 0 Å². The summed E-state index contributed by atoms with van der Waals surface area (Å²) < 4.78 is 22.0. The Balaban J connectivity index is 1.72. The van der Waals surface area contributed by atoms with Crippen molar-refractivity contribution in [3.63, 3.8) is 0 Å². The van der Waals surface area contributed by atoms with Crippen LogP contribution in [0.2, 0.25) is 0 Å². The van der Waals surface area contributed by atoms with Gasteiger partial charge in [0.15, 0.2) is 0 Å². The van der Waals surface area contributed by atoms with Gasteiger partial charge in [0.1, 0.15) is 17.3 Å². The Morgan fingerprint density at radius 2 is 1.84 bits per heavy atom. The summed E-state index contributed by atoms with van der Waals surface area (Å²) in [5.74, 6) is 0.691. The van der Waals surface area contributed by atoms with Crippen LogP contribution in [-0.2, 0) is 30.8 Å². The predicted molar refractivity (Wildman–Crippen MR) is 144 cm³/mol. The van der Waals surface area contributed by atoms with Crippen molar-refractivity contribution in [2.45, 2.75) is 73.1 Å². The number of para-hydroxylation sites is 2. The van der Waals surface area contributed by atoms with Crippen LogP contribution in [0.3, 0.4) is 0 Å². The normalized spacial score (nSPS) is 14.1. The van der Waals surface area contributed by atoms with Gasteiger partial charge in [-0.1, -0.05) is 51.1 Å². The number of carbonyl (C=O) groups excluding carboxylic acids is 1. The molecule has 198 valence electrons. The van der Waals surface area contributed by atoms with E-state index in [0.717, 1.165) is 41.4 Å². The smallest absolute Gasteiger partial charge is 0.223 e. The number of hydrogen-bond donors (Lipinski definition) is 0. The van der Waals surface area contributed by atoms with Gasteiger partial charge in [-0.25, -0.2) is 9.07 Å². The highest BCUT2D eigenvalue weighted by Crippen LogP contribution is 2.31. The van der Waals surface area contributed by atoms with Crippen molar-refractivity contribution in [2.75, 3.05) is 13.7 Å². The molecule has 1 aromatic heterocycles. The Labute approximate surface area is 220 Å². The van der Waals surface area contributed by atoms with Crippen molar-refractivity contribution >= 4 is 5.91 Å². The van der Waals surface area contributed by atoms with Crippen LogP contribution in [0.5, 0.6) is 5.75 Å². The van der Waals surface area contributed by atoms with Gasteiger partial charge < -0.3 is 9.64 Å². The number of ether oxygens (including phenoxy) is 1. The maximum absolute atomic E-state index is 14.4. The lowest BCUT2D eigenvalue weighted by atomic mass is 9.91. The third-order valence-electron chi connectivity index (χ3n) is 6.83. The second kappa shape index (κ2) is 11.1. The minimum atomic E-state index is -0.183. The Bertz CT molecular complexity index is 1240. The number of carbonyl (C=O) groups is 1. The van der Waals surface area contributed by atoms with E-state index in [4.69, 9.17) is 9.84 Å². The van der Waals surface area contributed by atoms with Crippen LogP contribution >= 0.6 is 0 Å². The maximum Gasteiger partial charge on any atom is 0.223 e. The summed E-state index contributed by atoms with van der Waals surface area (Å²) in [4.78, 5) is 17.5. The summed E-state index contributed by atoms with van der Waals surface area (Å²) in [5.41, 5.74) is 4.59. The van der Waals surface area contributed by atoms with Crippen LogP contribution in [0, 0.1) is 11.2 Å². The number of amides is 1. The summed E-state index contributed by atoms with van der Waals surface area (Å²) in [6.45, 7) is 12.8. The fourth-order valence-electron chi connectivity index (χ4n) is 4.95. The van der Waals surface area contributed by atoms with Crippen LogP contribution in [0.25, 0.3) is 5.69 Å². The van der Waals surface area contributed by atoms with Gasteiger partial charge in [-0.05, 0) is 37.5 Å². The first-order valence-corrected chi connectivity index (χ1v) is 13.1. The van der Waals surface area contributed by atoms with Gasteiger partial charge in [0.25, 0.3) is 0 Å². The SMILES string of the molecule is COc1ccccc1-n1nc(CN(C(=O)CC(C)(C)C)C(C)C)c2c1CCN(Cc1ccccc1F)C2. The van der Waals surface area contributed by atoms with Gasteiger partial charge in [0, 0.05) is 49.6 Å². The fraction of sp³-hybridized carbons (Fsp3) is 0.467. The summed E-state index contributed by atoms with van der Waals surface area (Å²) >= 11 is 0. The molecule has 7 heteroatoms. The van der Waals surface area contributed by atoms with Crippen molar-refractivity contribution in [3.05, 3.63) is 76.9 Å². The quantitative estimate of drug-likeness (QED) is 0.390. The highest BCUT2D eigenvalue weighted by atomic mass is 19.1. The molecule has 6 nitrogen and oxygen atoms in total. The van der Waals surface area contributed by atoms with Gasteiger partial charge >= 0.3 is 0 Å². The molecule has 0 saturated carbocycles. The molecule has 1 aliphatic heterocycles. The molecule has 0 saturated heterocycles. The Hall–Kier alpha value is -3.19. The minimum Gasteiger partial charge on any atom is -0.494 e. The average molecular weight is 507 g/mol.